The fraction of sp³-hybridized carbons (Fsp3) is 0.543. The smallest absolute Gasteiger partial charge is 0.321 e. The summed E-state index contributed by atoms with van der Waals surface area (Å²) in [5.74, 6) is 0.128. The summed E-state index contributed by atoms with van der Waals surface area (Å²) in [6, 6.07) is 19.5. The van der Waals surface area contributed by atoms with Crippen molar-refractivity contribution in [2.75, 3.05) is 26.7 Å². The van der Waals surface area contributed by atoms with Crippen molar-refractivity contribution in [3.05, 3.63) is 89.0 Å². The van der Waals surface area contributed by atoms with Gasteiger partial charge in [-0.05, 0) is 99.8 Å². The Morgan fingerprint density at radius 1 is 1.02 bits per heavy atom. The van der Waals surface area contributed by atoms with E-state index in [9.17, 15) is 14.3 Å². The number of likely N-dealkylation sites (tertiary alicyclic amines) is 1. The molecule has 250 valence electrons. The number of likely N-dealkylation sites (N-methyl/N-ethyl adjacent to an activating group) is 1. The maximum atomic E-state index is 14.3. The lowest BCUT2D eigenvalue weighted by Crippen LogP contribution is -2.47. The zero-order valence-electron chi connectivity index (χ0n) is 26.8. The van der Waals surface area contributed by atoms with Crippen molar-refractivity contribution in [2.45, 2.75) is 83.3 Å². The highest BCUT2D eigenvalue weighted by atomic mass is 35.5. The van der Waals surface area contributed by atoms with E-state index in [1.807, 2.05) is 27.0 Å². The topological polar surface area (TPSA) is 61.6 Å². The summed E-state index contributed by atoms with van der Waals surface area (Å²) in [5, 5.41) is 14.9. The number of piperidine rings is 1. The molecule has 3 aromatic rings. The summed E-state index contributed by atoms with van der Waals surface area (Å²) in [6.07, 6.45) is 4.85. The Kier molecular flexibility index (Phi) is 15.3. The van der Waals surface area contributed by atoms with Gasteiger partial charge in [0.1, 0.15) is 11.9 Å². The van der Waals surface area contributed by atoms with Gasteiger partial charge >= 0.3 is 5.97 Å². The van der Waals surface area contributed by atoms with Gasteiger partial charge < -0.3 is 10.0 Å². The van der Waals surface area contributed by atoms with Crippen molar-refractivity contribution in [2.24, 2.45) is 11.8 Å². The number of aryl methyl sites for hydroxylation is 1. The van der Waals surface area contributed by atoms with Gasteiger partial charge in [0.15, 0.2) is 0 Å². The van der Waals surface area contributed by atoms with Crippen molar-refractivity contribution in [3.63, 3.8) is 0 Å². The minimum absolute atomic E-state index is 0. The Hall–Kier alpha value is -2.16. The highest BCUT2D eigenvalue weighted by Crippen LogP contribution is 2.43. The molecule has 0 bridgehead atoms. The van der Waals surface area contributed by atoms with Crippen LogP contribution < -0.4 is 0 Å². The van der Waals surface area contributed by atoms with Crippen molar-refractivity contribution in [1.82, 2.24) is 19.6 Å². The van der Waals surface area contributed by atoms with Crippen LogP contribution in [0, 0.1) is 17.7 Å². The summed E-state index contributed by atoms with van der Waals surface area (Å²) >= 11 is 0. The van der Waals surface area contributed by atoms with E-state index in [-0.39, 0.29) is 60.9 Å². The zero-order valence-corrected chi connectivity index (χ0v) is 29.3. The predicted octanol–water partition coefficient (Wildman–Crippen LogP) is 7.68. The molecular weight excluding hydrogens is 634 g/mol. The van der Waals surface area contributed by atoms with Gasteiger partial charge in [0.25, 0.3) is 0 Å². The zero-order chi connectivity index (χ0) is 29.8. The number of hydrogen-bond acceptors (Lipinski definition) is 4. The normalized spacial score (nSPS) is 21.2. The molecule has 1 N–H and O–H groups in total. The first-order valence-corrected chi connectivity index (χ1v) is 15.8. The lowest BCUT2D eigenvalue weighted by atomic mass is 9.87. The maximum Gasteiger partial charge on any atom is 0.321 e. The second kappa shape index (κ2) is 17.7. The van der Waals surface area contributed by atoms with Gasteiger partial charge in [-0.15, -0.1) is 37.2 Å². The summed E-state index contributed by atoms with van der Waals surface area (Å²) in [5.41, 5.74) is 4.83. The van der Waals surface area contributed by atoms with Crippen LogP contribution in [0.5, 0.6) is 0 Å². The van der Waals surface area contributed by atoms with E-state index in [0.717, 1.165) is 69.5 Å². The third-order valence-electron chi connectivity index (χ3n) is 9.73. The maximum absolute atomic E-state index is 14.3. The van der Waals surface area contributed by atoms with Crippen molar-refractivity contribution in [3.8, 4) is 0 Å². The van der Waals surface area contributed by atoms with E-state index in [1.165, 1.54) is 17.3 Å². The minimum atomic E-state index is -0.765. The first kappa shape index (κ1) is 39.0. The van der Waals surface area contributed by atoms with Gasteiger partial charge in [0.2, 0.25) is 0 Å². The molecule has 0 amide bonds. The van der Waals surface area contributed by atoms with Crippen molar-refractivity contribution < 1.29 is 14.3 Å². The van der Waals surface area contributed by atoms with Gasteiger partial charge in [-0.3, -0.25) is 14.4 Å². The standard InChI is InChI=1S/C35H47FN4O2.3ClH/c1-5-40-33(21-30(37-40)18-25-10-7-6-8-11-25)26-14-16-39(17-15-26)23-28-20-31(38(4)34(24(2)3)35(41)42)22-32(28)27-12-9-13-29(36)19-27;;;/h6-13,19,21,24,26,28,31-32,34H,5,14-18,20,22-23H2,1-4H3,(H,41,42);3*1H/t28?,31?,32?,34-;;;/m0.../s1. The lowest BCUT2D eigenvalue weighted by Gasteiger charge is -2.35. The average Bonchev–Trinajstić information content (AvgIpc) is 3.58. The van der Waals surface area contributed by atoms with E-state index in [1.54, 1.807) is 12.1 Å². The molecule has 2 heterocycles. The van der Waals surface area contributed by atoms with Crippen LogP contribution >= 0.6 is 37.2 Å². The molecule has 1 aliphatic heterocycles. The van der Waals surface area contributed by atoms with E-state index in [0.29, 0.717) is 11.8 Å². The molecule has 5 rings (SSSR count). The van der Waals surface area contributed by atoms with Crippen LogP contribution in [0.2, 0.25) is 0 Å². The number of halogens is 4. The molecule has 3 unspecified atom stereocenters. The van der Waals surface area contributed by atoms with Gasteiger partial charge in [-0.1, -0.05) is 56.3 Å². The van der Waals surface area contributed by atoms with Gasteiger partial charge in [-0.2, -0.15) is 5.10 Å². The number of hydrogen-bond donors (Lipinski definition) is 1. The molecule has 1 saturated carbocycles. The molecule has 4 atom stereocenters. The Bertz CT molecular complexity index is 1330. The molecule has 2 fully saturated rings. The van der Waals surface area contributed by atoms with Crippen molar-refractivity contribution >= 4 is 43.2 Å². The molecule has 6 nitrogen and oxygen atoms in total. The van der Waals surface area contributed by atoms with Gasteiger partial charge in [-0.25, -0.2) is 4.39 Å². The quantitative estimate of drug-likeness (QED) is 0.225. The number of aromatic nitrogens is 2. The number of benzene rings is 2. The molecule has 10 heteroatoms. The summed E-state index contributed by atoms with van der Waals surface area (Å²) in [7, 11) is 1.96. The molecule has 45 heavy (non-hydrogen) atoms. The number of carboxylic acids is 1. The van der Waals surface area contributed by atoms with E-state index < -0.39 is 12.0 Å². The molecular formula is C35H50Cl3FN4O2. The van der Waals surface area contributed by atoms with Gasteiger partial charge in [0, 0.05) is 37.2 Å². The number of nitrogens with zero attached hydrogens (tertiary/aromatic N) is 4. The second-order valence-corrected chi connectivity index (χ2v) is 12.9. The monoisotopic (exact) mass is 682 g/mol. The first-order chi connectivity index (χ1) is 20.2. The van der Waals surface area contributed by atoms with Crippen molar-refractivity contribution in [1.29, 1.82) is 0 Å². The highest BCUT2D eigenvalue weighted by Gasteiger charge is 2.42. The van der Waals surface area contributed by atoms with Crippen LogP contribution in [0.15, 0.2) is 60.7 Å². The Morgan fingerprint density at radius 2 is 1.71 bits per heavy atom. The summed E-state index contributed by atoms with van der Waals surface area (Å²) in [6.45, 7) is 10.0. The minimum Gasteiger partial charge on any atom is -0.480 e. The fourth-order valence-electron chi connectivity index (χ4n) is 7.64. The SMILES string of the molecule is CCn1nc(Cc2ccccc2)cc1C1CCN(CC2CC(N(C)[C@H](C(=O)O)C(C)C)CC2c2cccc(F)c2)CC1.Cl.Cl.Cl. The average molecular weight is 684 g/mol. The molecule has 2 aliphatic rings. The number of carbonyl (C=O) groups is 1. The summed E-state index contributed by atoms with van der Waals surface area (Å²) in [4.78, 5) is 16.8. The molecule has 0 radical (unpaired) electrons. The van der Waals surface area contributed by atoms with Crippen LogP contribution in [0.1, 0.15) is 80.8 Å². The molecule has 0 spiro atoms. The third-order valence-corrected chi connectivity index (χ3v) is 9.73. The van der Waals surface area contributed by atoms with E-state index in [4.69, 9.17) is 5.10 Å². The molecule has 1 aliphatic carbocycles. The van der Waals surface area contributed by atoms with E-state index in [2.05, 4.69) is 57.8 Å². The van der Waals surface area contributed by atoms with Crippen LogP contribution in [0.4, 0.5) is 4.39 Å². The number of rotatable bonds is 11. The Balaban J connectivity index is 0.00000235. The van der Waals surface area contributed by atoms with Crippen LogP contribution in [-0.4, -0.2) is 69.4 Å². The highest BCUT2D eigenvalue weighted by molar-refractivity contribution is 5.86. The largest absolute Gasteiger partial charge is 0.480 e. The first-order valence-electron chi connectivity index (χ1n) is 15.8. The Labute approximate surface area is 287 Å². The second-order valence-electron chi connectivity index (χ2n) is 12.9. The Morgan fingerprint density at radius 3 is 2.31 bits per heavy atom. The summed E-state index contributed by atoms with van der Waals surface area (Å²) < 4.78 is 16.5. The van der Waals surface area contributed by atoms with Crippen LogP contribution in [0.25, 0.3) is 0 Å². The van der Waals surface area contributed by atoms with E-state index >= 15 is 0 Å². The third kappa shape index (κ3) is 9.45. The molecule has 1 aromatic heterocycles. The van der Waals surface area contributed by atoms with Crippen LogP contribution in [-0.2, 0) is 17.8 Å². The lowest BCUT2D eigenvalue weighted by molar-refractivity contribution is -0.145. The molecule has 2 aromatic carbocycles. The number of carboxylic acid groups (broad SMARTS) is 1. The fourth-order valence-corrected chi connectivity index (χ4v) is 7.64. The molecule has 1 saturated heterocycles. The number of aliphatic carboxylic acids is 1. The van der Waals surface area contributed by atoms with Gasteiger partial charge in [0.05, 0.1) is 5.69 Å². The van der Waals surface area contributed by atoms with Crippen LogP contribution in [0.3, 0.4) is 0 Å². The predicted molar refractivity (Wildman–Crippen MR) is 187 cm³/mol.